The van der Waals surface area contributed by atoms with E-state index < -0.39 is 44.5 Å². The number of rotatable bonds is 24. The van der Waals surface area contributed by atoms with Gasteiger partial charge in [0.2, 0.25) is 0 Å². The first kappa shape index (κ1) is 57.4. The molecule has 16 nitrogen and oxygen atoms in total. The topological polar surface area (TPSA) is 193 Å². The molecule has 14 rings (SSSR count). The lowest BCUT2D eigenvalue weighted by atomic mass is 10.0. The van der Waals surface area contributed by atoms with Crippen molar-refractivity contribution in [1.29, 1.82) is 0 Å². The van der Waals surface area contributed by atoms with E-state index in [2.05, 4.69) is 27.7 Å². The average Bonchev–Trinajstić information content (AvgIpc) is 1.82. The molecule has 4 aliphatic heterocycles. The zero-order valence-corrected chi connectivity index (χ0v) is 48.6. The SMILES string of the molecule is CCCCCCOc1cc2cc(OCCCCCC)c3cc2cc1Cn1c(=O)c2cc4c(=O)n(c(=O)c4cc2c1=O)Cc1cc2cc(c(OCCCCCC)cc2cc1OCCCCCC)Cn1c(=O)c2cc4c(=O)n(c(=O)c4cc2c1=O)C3. The summed E-state index contributed by atoms with van der Waals surface area (Å²) in [5, 5.41) is 2.68. The van der Waals surface area contributed by atoms with E-state index in [-0.39, 0.29) is 69.3 Å². The highest BCUT2D eigenvalue weighted by atomic mass is 16.5. The Morgan fingerprint density at radius 2 is 0.452 bits per heavy atom. The summed E-state index contributed by atoms with van der Waals surface area (Å²) in [4.78, 5) is 117. The van der Waals surface area contributed by atoms with Gasteiger partial charge in [0.15, 0.2) is 0 Å². The van der Waals surface area contributed by atoms with Gasteiger partial charge in [-0.05, 0) is 120 Å². The predicted molar refractivity (Wildman–Crippen MR) is 333 cm³/mol. The molecule has 8 heterocycles. The first-order valence-corrected chi connectivity index (χ1v) is 30.3. The van der Waals surface area contributed by atoms with Gasteiger partial charge in [0.25, 0.3) is 44.5 Å². The first-order valence-electron chi connectivity index (χ1n) is 30.3. The molecule has 0 amide bonds. The average molecular weight is 1140 g/mol. The second-order valence-corrected chi connectivity index (χ2v) is 22.8. The van der Waals surface area contributed by atoms with Crippen molar-refractivity contribution < 1.29 is 18.9 Å². The summed E-state index contributed by atoms with van der Waals surface area (Å²) in [5.41, 5.74) is -3.06. The molecule has 0 radical (unpaired) electrons. The summed E-state index contributed by atoms with van der Waals surface area (Å²) < 4.78 is 30.3. The molecule has 16 heteroatoms. The molecular weight excluding hydrogens is 1060 g/mol. The van der Waals surface area contributed by atoms with E-state index in [1.807, 2.05) is 48.5 Å². The van der Waals surface area contributed by atoms with Gasteiger partial charge in [0.05, 0.1) is 95.7 Å². The molecule has 0 atom stereocenters. The van der Waals surface area contributed by atoms with Gasteiger partial charge in [-0.1, -0.05) is 105 Å². The molecule has 0 unspecified atom stereocenters. The van der Waals surface area contributed by atoms with Crippen LogP contribution in [-0.2, 0) is 26.2 Å². The second-order valence-electron chi connectivity index (χ2n) is 22.8. The van der Waals surface area contributed by atoms with Gasteiger partial charge in [-0.15, -0.1) is 0 Å². The minimum Gasteiger partial charge on any atom is -0.493 e. The van der Waals surface area contributed by atoms with Gasteiger partial charge >= 0.3 is 0 Å². The zero-order chi connectivity index (χ0) is 58.8. The van der Waals surface area contributed by atoms with Crippen LogP contribution in [-0.4, -0.2) is 44.7 Å². The quantitative estimate of drug-likeness (QED) is 0.0521. The maximum absolute atomic E-state index is 14.6. The second kappa shape index (κ2) is 24.8. The highest BCUT2D eigenvalue weighted by molar-refractivity contribution is 5.99. The normalized spacial score (nSPS) is 12.7. The van der Waals surface area contributed by atoms with Crippen molar-refractivity contribution in [3.8, 4) is 23.0 Å². The Morgan fingerprint density at radius 3 is 0.643 bits per heavy atom. The largest absolute Gasteiger partial charge is 0.493 e. The maximum atomic E-state index is 14.6. The number of hydrogen-bond donors (Lipinski definition) is 0. The number of benzene rings is 6. The minimum absolute atomic E-state index is 0.00202. The van der Waals surface area contributed by atoms with E-state index in [1.54, 1.807) is 0 Å². The molecule has 84 heavy (non-hydrogen) atoms. The van der Waals surface area contributed by atoms with Gasteiger partial charge < -0.3 is 18.9 Å². The van der Waals surface area contributed by atoms with E-state index in [4.69, 9.17) is 18.9 Å². The Kier molecular flexibility index (Phi) is 17.0. The summed E-state index contributed by atoms with van der Waals surface area (Å²) in [7, 11) is 0. The van der Waals surface area contributed by atoms with Crippen LogP contribution >= 0.6 is 0 Å². The Hall–Kier alpha value is -8.40. The van der Waals surface area contributed by atoms with Crippen LogP contribution in [0, 0.1) is 0 Å². The third-order valence-corrected chi connectivity index (χ3v) is 16.9. The zero-order valence-electron chi connectivity index (χ0n) is 48.6. The Morgan fingerprint density at radius 1 is 0.262 bits per heavy atom. The van der Waals surface area contributed by atoms with Crippen LogP contribution in [0.4, 0.5) is 0 Å². The van der Waals surface area contributed by atoms with Crippen LogP contribution in [0.5, 0.6) is 23.0 Å². The number of nitrogens with zero attached hydrogens (tertiary/aromatic N) is 4. The standard InChI is InChI=1S/C68H72N4O12/c1-5-9-13-17-21-81-57-29-43-30-58(82-22-18-14-10-6-2)46-26-41(43)25-45(57)37-69-61(73)49-33-51-52(34-50(49)62(69)74)64(76)71(63(51)75)39-47-27-42-28-48(60(84-24-20-16-12-8-4)32-44(42)31-59(47)83-23-19-15-11-7-3)40-72-67(79)55-35-53-54(36-56(55)68(72)80)66(78)70(38-46)65(53)77/h25-36H,5-24,37-40H2,1-4H3. The summed E-state index contributed by atoms with van der Waals surface area (Å²) >= 11 is 0. The first-order chi connectivity index (χ1) is 40.8. The van der Waals surface area contributed by atoms with Crippen molar-refractivity contribution in [2.75, 3.05) is 26.4 Å². The Bertz CT molecular complexity index is 3880. The molecule has 4 aliphatic rings. The molecule has 6 aromatic carbocycles. The van der Waals surface area contributed by atoms with Crippen LogP contribution in [0.15, 0.2) is 111 Å². The molecular formula is C68H72N4O12. The van der Waals surface area contributed by atoms with Crippen molar-refractivity contribution in [2.24, 2.45) is 0 Å². The molecule has 0 fully saturated rings. The third kappa shape index (κ3) is 11.0. The van der Waals surface area contributed by atoms with Crippen molar-refractivity contribution in [1.82, 2.24) is 18.3 Å². The van der Waals surface area contributed by atoms with E-state index in [1.165, 1.54) is 24.3 Å². The van der Waals surface area contributed by atoms with Crippen LogP contribution in [0.25, 0.3) is 64.6 Å². The third-order valence-electron chi connectivity index (χ3n) is 16.9. The van der Waals surface area contributed by atoms with E-state index in [0.717, 1.165) is 121 Å². The van der Waals surface area contributed by atoms with Gasteiger partial charge in [-0.3, -0.25) is 56.6 Å². The molecule has 0 aliphatic carbocycles. The molecule has 436 valence electrons. The van der Waals surface area contributed by atoms with Crippen molar-refractivity contribution in [3.05, 3.63) is 178 Å². The van der Waals surface area contributed by atoms with Gasteiger partial charge in [-0.2, -0.15) is 0 Å². The van der Waals surface area contributed by atoms with Crippen LogP contribution in [0.3, 0.4) is 0 Å². The summed E-state index contributed by atoms with van der Waals surface area (Å²) in [5.74, 6) is 1.77. The van der Waals surface area contributed by atoms with Crippen LogP contribution < -0.4 is 63.4 Å². The minimum atomic E-state index is -0.633. The van der Waals surface area contributed by atoms with Crippen LogP contribution in [0.2, 0.25) is 0 Å². The molecule has 18 bridgehead atoms. The summed E-state index contributed by atoms with van der Waals surface area (Å²) in [6.45, 7) is 9.10. The van der Waals surface area contributed by atoms with E-state index >= 15 is 0 Å². The molecule has 4 aromatic heterocycles. The van der Waals surface area contributed by atoms with Crippen molar-refractivity contribution >= 4 is 64.6 Å². The maximum Gasteiger partial charge on any atom is 0.261 e. The number of hydrogen-bond acceptors (Lipinski definition) is 12. The summed E-state index contributed by atoms with van der Waals surface area (Å²) in [6, 6.07) is 20.1. The highest BCUT2D eigenvalue weighted by Crippen LogP contribution is 2.36. The Balaban J connectivity index is 1.12. The monoisotopic (exact) mass is 1140 g/mol. The molecule has 0 saturated carbocycles. The van der Waals surface area contributed by atoms with Gasteiger partial charge in [0, 0.05) is 22.3 Å². The summed E-state index contributed by atoms with van der Waals surface area (Å²) in [6.07, 6.45) is 15.0. The molecule has 0 saturated heterocycles. The molecule has 0 N–H and O–H groups in total. The highest BCUT2D eigenvalue weighted by Gasteiger charge is 2.26. The lowest BCUT2D eigenvalue weighted by Gasteiger charge is -2.17. The predicted octanol–water partition coefficient (Wildman–Crippen LogP) is 10.8. The van der Waals surface area contributed by atoms with E-state index in [9.17, 15) is 38.4 Å². The van der Waals surface area contributed by atoms with Gasteiger partial charge in [0.1, 0.15) is 23.0 Å². The lowest BCUT2D eigenvalue weighted by Crippen LogP contribution is -2.27. The lowest BCUT2D eigenvalue weighted by molar-refractivity contribution is 0.300. The Labute approximate surface area is 483 Å². The van der Waals surface area contributed by atoms with Crippen molar-refractivity contribution in [3.63, 3.8) is 0 Å². The molecule has 0 spiro atoms. The smallest absolute Gasteiger partial charge is 0.261 e. The number of unbranched alkanes of at least 4 members (excludes halogenated alkanes) is 12. The fourth-order valence-electron chi connectivity index (χ4n) is 12.1. The van der Waals surface area contributed by atoms with Gasteiger partial charge in [-0.25, -0.2) is 0 Å². The van der Waals surface area contributed by atoms with E-state index in [0.29, 0.717) is 93.2 Å². The fraction of sp³-hybridized carbons (Fsp3) is 0.412. The number of ether oxygens (including phenoxy) is 4. The van der Waals surface area contributed by atoms with Crippen molar-refractivity contribution in [2.45, 2.75) is 157 Å². The van der Waals surface area contributed by atoms with Crippen LogP contribution in [0.1, 0.15) is 153 Å². The fourth-order valence-corrected chi connectivity index (χ4v) is 12.1. The molecule has 10 aromatic rings. The number of aromatic nitrogens is 4.